The molecule has 5 nitrogen and oxygen atoms in total. The maximum Gasteiger partial charge on any atom is 0.256 e. The van der Waals surface area contributed by atoms with Gasteiger partial charge in [0.2, 0.25) is 5.91 Å². The van der Waals surface area contributed by atoms with Crippen LogP contribution in [-0.2, 0) is 16.0 Å². The molecule has 0 aliphatic carbocycles. The third-order valence-electron chi connectivity index (χ3n) is 4.66. The maximum absolute atomic E-state index is 12.9. The molecule has 2 N–H and O–H groups in total. The Morgan fingerprint density at radius 3 is 2.35 bits per heavy atom. The number of amides is 2. The molecule has 0 fully saturated rings. The van der Waals surface area contributed by atoms with E-state index in [1.165, 1.54) is 12.5 Å². The Balaban J connectivity index is 1.70. The molecule has 0 radical (unpaired) electrons. The Morgan fingerprint density at radius 2 is 1.68 bits per heavy atom. The first-order chi connectivity index (χ1) is 14.7. The fourth-order valence-electron chi connectivity index (χ4n) is 3.01. The van der Waals surface area contributed by atoms with Gasteiger partial charge in [0.05, 0.1) is 5.56 Å². The van der Waals surface area contributed by atoms with Crippen molar-refractivity contribution < 1.29 is 9.59 Å². The van der Waals surface area contributed by atoms with Crippen LogP contribution in [0, 0.1) is 0 Å². The highest BCUT2D eigenvalue weighted by Crippen LogP contribution is 2.28. The first kappa shape index (κ1) is 22.6. The molecule has 2 amide bonds. The summed E-state index contributed by atoms with van der Waals surface area (Å²) in [5.41, 5.74) is 3.70. The van der Waals surface area contributed by atoms with Crippen LogP contribution in [0.5, 0.6) is 0 Å². The molecule has 0 atom stereocenters. The third-order valence-corrected chi connectivity index (χ3v) is 5.81. The summed E-state index contributed by atoms with van der Waals surface area (Å²) in [7, 11) is 0. The molecular formula is C25H27N3O2S. The topological polar surface area (TPSA) is 71.1 Å². The van der Waals surface area contributed by atoms with Crippen LogP contribution in [0.2, 0.25) is 0 Å². The van der Waals surface area contributed by atoms with Gasteiger partial charge in [0.1, 0.15) is 5.82 Å². The number of hydrogen-bond donors (Lipinski definition) is 2. The van der Waals surface area contributed by atoms with E-state index < -0.39 is 0 Å². The summed E-state index contributed by atoms with van der Waals surface area (Å²) in [5.74, 6) is 0.880. The molecule has 0 aliphatic rings. The summed E-state index contributed by atoms with van der Waals surface area (Å²) in [6.07, 6.45) is 1.67. The van der Waals surface area contributed by atoms with Gasteiger partial charge in [-0.05, 0) is 52.9 Å². The van der Waals surface area contributed by atoms with Crippen molar-refractivity contribution in [3.8, 4) is 0 Å². The van der Waals surface area contributed by atoms with Crippen LogP contribution in [0.3, 0.4) is 0 Å². The van der Waals surface area contributed by atoms with Gasteiger partial charge in [-0.2, -0.15) is 0 Å². The van der Waals surface area contributed by atoms with Crippen molar-refractivity contribution >= 4 is 35.1 Å². The Bertz CT molecular complexity index is 1070. The summed E-state index contributed by atoms with van der Waals surface area (Å²) in [5, 5.41) is 5.69. The van der Waals surface area contributed by atoms with Gasteiger partial charge in [-0.15, -0.1) is 11.8 Å². The minimum Gasteiger partial charge on any atom is -0.322 e. The average molecular weight is 434 g/mol. The van der Waals surface area contributed by atoms with E-state index in [2.05, 4.69) is 36.4 Å². The molecule has 0 aliphatic heterocycles. The second-order valence-corrected chi connectivity index (χ2v) is 9.31. The first-order valence-corrected chi connectivity index (χ1v) is 11.1. The van der Waals surface area contributed by atoms with E-state index in [9.17, 15) is 9.59 Å². The van der Waals surface area contributed by atoms with Crippen molar-refractivity contribution in [2.75, 3.05) is 10.6 Å². The average Bonchev–Trinajstić information content (AvgIpc) is 2.72. The Labute approximate surface area is 187 Å². The molecule has 3 rings (SSSR count). The summed E-state index contributed by atoms with van der Waals surface area (Å²) in [4.78, 5) is 29.2. The molecule has 0 spiro atoms. The molecule has 1 aromatic heterocycles. The summed E-state index contributed by atoms with van der Waals surface area (Å²) in [6.45, 7) is 7.94. The number of thioether (sulfide) groups is 1. The van der Waals surface area contributed by atoms with E-state index in [1.54, 1.807) is 18.0 Å². The highest BCUT2D eigenvalue weighted by molar-refractivity contribution is 7.98. The molecule has 0 unspecified atom stereocenters. The molecule has 1 heterocycles. The predicted molar refractivity (Wildman–Crippen MR) is 128 cm³/mol. The highest BCUT2D eigenvalue weighted by Gasteiger charge is 2.15. The lowest BCUT2D eigenvalue weighted by atomic mass is 9.87. The van der Waals surface area contributed by atoms with E-state index in [-0.39, 0.29) is 17.2 Å². The fourth-order valence-corrected chi connectivity index (χ4v) is 4.00. The Hall–Kier alpha value is -3.12. The minimum atomic E-state index is -0.158. The van der Waals surface area contributed by atoms with Crippen molar-refractivity contribution in [2.45, 2.75) is 43.8 Å². The first-order valence-electron chi connectivity index (χ1n) is 10.1. The van der Waals surface area contributed by atoms with Crippen molar-refractivity contribution in [1.82, 2.24) is 4.98 Å². The predicted octanol–water partition coefficient (Wildman–Crippen LogP) is 5.88. The van der Waals surface area contributed by atoms with Crippen molar-refractivity contribution in [2.24, 2.45) is 0 Å². The molecule has 0 saturated carbocycles. The summed E-state index contributed by atoms with van der Waals surface area (Å²) in [6, 6.07) is 19.3. The number of carbonyl (C=O) groups is 2. The molecule has 6 heteroatoms. The van der Waals surface area contributed by atoms with E-state index in [0.29, 0.717) is 17.1 Å². The van der Waals surface area contributed by atoms with Crippen LogP contribution in [-0.4, -0.2) is 16.8 Å². The SMILES string of the molecule is CC(=O)Nc1cc(CSc2ccccc2C(=O)Nc2ccc(C(C)(C)C)cc2)ccn1. The number of benzene rings is 2. The zero-order chi connectivity index (χ0) is 22.4. The quantitative estimate of drug-likeness (QED) is 0.476. The Kier molecular flexibility index (Phi) is 7.13. The molecule has 31 heavy (non-hydrogen) atoms. The van der Waals surface area contributed by atoms with E-state index in [1.807, 2.05) is 60.7 Å². The second kappa shape index (κ2) is 9.79. The van der Waals surface area contributed by atoms with Gasteiger partial charge in [-0.25, -0.2) is 4.98 Å². The lowest BCUT2D eigenvalue weighted by molar-refractivity contribution is -0.114. The number of hydrogen-bond acceptors (Lipinski definition) is 4. The number of rotatable bonds is 6. The van der Waals surface area contributed by atoms with Crippen molar-refractivity contribution in [3.63, 3.8) is 0 Å². The largest absolute Gasteiger partial charge is 0.322 e. The fraction of sp³-hybridized carbons (Fsp3) is 0.240. The van der Waals surface area contributed by atoms with Gasteiger partial charge >= 0.3 is 0 Å². The second-order valence-electron chi connectivity index (χ2n) is 8.30. The number of aromatic nitrogens is 1. The van der Waals surface area contributed by atoms with E-state index in [0.717, 1.165) is 16.1 Å². The van der Waals surface area contributed by atoms with Crippen molar-refractivity contribution in [3.05, 3.63) is 83.6 Å². The van der Waals surface area contributed by atoms with Gasteiger partial charge in [0.15, 0.2) is 0 Å². The van der Waals surface area contributed by atoms with Gasteiger partial charge in [0, 0.05) is 29.5 Å². The lowest BCUT2D eigenvalue weighted by Crippen LogP contribution is -2.14. The van der Waals surface area contributed by atoms with Crippen LogP contribution in [0.15, 0.2) is 71.8 Å². The van der Waals surface area contributed by atoms with Crippen LogP contribution < -0.4 is 10.6 Å². The molecule has 160 valence electrons. The zero-order valence-corrected chi connectivity index (χ0v) is 19.0. The van der Waals surface area contributed by atoms with Gasteiger partial charge in [-0.1, -0.05) is 45.0 Å². The number of nitrogens with one attached hydrogen (secondary N) is 2. The monoisotopic (exact) mass is 433 g/mol. The highest BCUT2D eigenvalue weighted by atomic mass is 32.2. The number of pyridine rings is 1. The van der Waals surface area contributed by atoms with Crippen LogP contribution in [0.25, 0.3) is 0 Å². The third kappa shape index (κ3) is 6.43. The molecule has 2 aromatic carbocycles. The molecule has 0 saturated heterocycles. The molecular weight excluding hydrogens is 406 g/mol. The standard InChI is InChI=1S/C25H27N3O2S/c1-17(29)27-23-15-18(13-14-26-23)16-31-22-8-6-5-7-21(22)24(30)28-20-11-9-19(10-12-20)25(2,3)4/h5-15H,16H2,1-4H3,(H,28,30)(H,26,27,29). The van der Waals surface area contributed by atoms with E-state index in [4.69, 9.17) is 0 Å². The minimum absolute atomic E-state index is 0.0680. The van der Waals surface area contributed by atoms with Crippen LogP contribution >= 0.6 is 11.8 Å². The number of anilines is 2. The van der Waals surface area contributed by atoms with Gasteiger partial charge in [0.25, 0.3) is 5.91 Å². The number of carbonyl (C=O) groups excluding carboxylic acids is 2. The van der Waals surface area contributed by atoms with E-state index >= 15 is 0 Å². The maximum atomic E-state index is 12.9. The Morgan fingerprint density at radius 1 is 0.968 bits per heavy atom. The van der Waals surface area contributed by atoms with Gasteiger partial charge < -0.3 is 10.6 Å². The molecule has 0 bridgehead atoms. The van der Waals surface area contributed by atoms with Crippen LogP contribution in [0.4, 0.5) is 11.5 Å². The zero-order valence-electron chi connectivity index (χ0n) is 18.2. The summed E-state index contributed by atoms with van der Waals surface area (Å²) >= 11 is 1.57. The summed E-state index contributed by atoms with van der Waals surface area (Å²) < 4.78 is 0. The van der Waals surface area contributed by atoms with Crippen molar-refractivity contribution in [1.29, 1.82) is 0 Å². The van der Waals surface area contributed by atoms with Gasteiger partial charge in [-0.3, -0.25) is 9.59 Å². The number of nitrogens with zero attached hydrogens (tertiary/aromatic N) is 1. The van der Waals surface area contributed by atoms with Crippen LogP contribution in [0.1, 0.15) is 49.2 Å². The normalized spacial score (nSPS) is 11.1. The molecule has 3 aromatic rings. The smallest absolute Gasteiger partial charge is 0.256 e. The lowest BCUT2D eigenvalue weighted by Gasteiger charge is -2.19.